The lowest BCUT2D eigenvalue weighted by Gasteiger charge is -2.27. The number of ether oxygens (including phenoxy) is 2. The largest absolute Gasteiger partial charge is 0.478 e. The topological polar surface area (TPSA) is 69.9 Å². The lowest BCUT2D eigenvalue weighted by atomic mass is 9.99. The van der Waals surface area contributed by atoms with Gasteiger partial charge in [0.1, 0.15) is 11.7 Å². The van der Waals surface area contributed by atoms with Gasteiger partial charge in [-0.3, -0.25) is 19.1 Å². The van der Waals surface area contributed by atoms with Crippen LogP contribution in [-0.4, -0.2) is 41.4 Å². The van der Waals surface area contributed by atoms with Gasteiger partial charge in [-0.05, 0) is 63.1 Å². The average Bonchev–Trinajstić information content (AvgIpc) is 2.92. The van der Waals surface area contributed by atoms with Crippen LogP contribution in [0.4, 0.5) is 0 Å². The molecule has 2 heterocycles. The molecule has 0 aliphatic carbocycles. The normalized spacial score (nSPS) is 15.8. The monoisotopic (exact) mass is 452 g/mol. The van der Waals surface area contributed by atoms with Crippen LogP contribution < -0.4 is 4.74 Å². The smallest absolute Gasteiger partial charge is 0.320 e. The number of fused-ring (bicyclic) bond motifs is 3. The van der Waals surface area contributed by atoms with E-state index in [2.05, 4.69) is 4.99 Å². The van der Waals surface area contributed by atoms with Gasteiger partial charge in [0.25, 0.3) is 5.91 Å². The second kappa shape index (κ2) is 8.79. The zero-order valence-electron chi connectivity index (χ0n) is 18.3. The second-order valence-electron chi connectivity index (χ2n) is 8.12. The molecule has 1 aromatic heterocycles. The maximum absolute atomic E-state index is 13.9. The maximum Gasteiger partial charge on any atom is 0.320 e. The Kier molecular flexibility index (Phi) is 6.07. The summed E-state index contributed by atoms with van der Waals surface area (Å²) in [6.45, 7) is 5.98. The number of benzene rings is 2. The van der Waals surface area contributed by atoms with Crippen molar-refractivity contribution in [1.29, 1.82) is 0 Å². The molecule has 166 valence electrons. The summed E-state index contributed by atoms with van der Waals surface area (Å²) in [7, 11) is 0. The number of carbonyl (C=O) groups excluding carboxylic acids is 2. The first-order valence-corrected chi connectivity index (χ1v) is 11.0. The van der Waals surface area contributed by atoms with Crippen molar-refractivity contribution in [3.8, 4) is 5.75 Å². The second-order valence-corrected chi connectivity index (χ2v) is 8.56. The van der Waals surface area contributed by atoms with Crippen LogP contribution >= 0.6 is 11.6 Å². The lowest BCUT2D eigenvalue weighted by Crippen LogP contribution is -2.43. The molecular weight excluding hydrogens is 428 g/mol. The molecule has 3 aromatic rings. The number of aromatic nitrogens is 1. The Balaban J connectivity index is 1.86. The molecule has 1 aliphatic rings. The summed E-state index contributed by atoms with van der Waals surface area (Å²) in [5, 5.41) is 1.51. The van der Waals surface area contributed by atoms with Gasteiger partial charge < -0.3 is 9.47 Å². The molecule has 6 nitrogen and oxygen atoms in total. The molecule has 7 heteroatoms. The van der Waals surface area contributed by atoms with E-state index < -0.39 is 17.5 Å². The Hall–Kier alpha value is -3.12. The van der Waals surface area contributed by atoms with E-state index in [1.165, 1.54) is 0 Å². The molecule has 32 heavy (non-hydrogen) atoms. The molecule has 0 bridgehead atoms. The zero-order valence-corrected chi connectivity index (χ0v) is 19.1. The van der Waals surface area contributed by atoms with Crippen molar-refractivity contribution in [2.24, 2.45) is 4.99 Å². The highest BCUT2D eigenvalue weighted by atomic mass is 35.5. The van der Waals surface area contributed by atoms with Gasteiger partial charge in [-0.2, -0.15) is 0 Å². The third kappa shape index (κ3) is 4.02. The maximum atomic E-state index is 13.9. The lowest BCUT2D eigenvalue weighted by molar-refractivity contribution is -0.143. The number of para-hydroxylation sites is 1. The Morgan fingerprint density at radius 1 is 1.16 bits per heavy atom. The minimum atomic E-state index is -1.22. The van der Waals surface area contributed by atoms with Crippen molar-refractivity contribution >= 4 is 40.6 Å². The number of hydrogen-bond donors (Lipinski definition) is 0. The number of rotatable bonds is 5. The van der Waals surface area contributed by atoms with E-state index in [4.69, 9.17) is 21.1 Å². The predicted molar refractivity (Wildman–Crippen MR) is 125 cm³/mol. The highest BCUT2D eigenvalue weighted by Gasteiger charge is 2.38. The number of carbonyl (C=O) groups is 2. The van der Waals surface area contributed by atoms with Crippen molar-refractivity contribution in [2.75, 3.05) is 13.2 Å². The summed E-state index contributed by atoms with van der Waals surface area (Å²) < 4.78 is 13.0. The Morgan fingerprint density at radius 3 is 2.59 bits per heavy atom. The van der Waals surface area contributed by atoms with Crippen LogP contribution in [0.1, 0.15) is 42.7 Å². The SMILES string of the molecule is CCOC(=O)C1C=NCCc2c1n(C(=O)C(C)(C)Oc1ccc(Cl)cc1)c1ccccc21. The first kappa shape index (κ1) is 22.1. The number of aliphatic imine (C=N–C) groups is 1. The molecule has 0 fully saturated rings. The zero-order chi connectivity index (χ0) is 22.9. The molecule has 0 spiro atoms. The summed E-state index contributed by atoms with van der Waals surface area (Å²) in [5.74, 6) is -0.948. The van der Waals surface area contributed by atoms with E-state index in [0.29, 0.717) is 29.4 Å². The number of halogens is 1. The minimum Gasteiger partial charge on any atom is -0.478 e. The van der Waals surface area contributed by atoms with Crippen LogP contribution in [0.2, 0.25) is 5.02 Å². The van der Waals surface area contributed by atoms with Crippen molar-refractivity contribution in [1.82, 2.24) is 4.57 Å². The molecule has 0 N–H and O–H groups in total. The molecule has 1 atom stereocenters. The van der Waals surface area contributed by atoms with Gasteiger partial charge in [0.05, 0.1) is 12.1 Å². The summed E-state index contributed by atoms with van der Waals surface area (Å²) in [6.07, 6.45) is 2.22. The van der Waals surface area contributed by atoms with Crippen LogP contribution in [0.5, 0.6) is 5.75 Å². The predicted octanol–water partition coefficient (Wildman–Crippen LogP) is 5.07. The molecule has 4 rings (SSSR count). The van der Waals surface area contributed by atoms with Crippen molar-refractivity contribution in [3.05, 3.63) is 64.8 Å². The molecule has 0 radical (unpaired) electrons. The Labute approximate surface area is 191 Å². The van der Waals surface area contributed by atoms with Gasteiger partial charge in [-0.1, -0.05) is 29.8 Å². The van der Waals surface area contributed by atoms with Gasteiger partial charge in [-0.25, -0.2) is 0 Å². The minimum absolute atomic E-state index is 0.248. The molecule has 0 saturated carbocycles. The summed E-state index contributed by atoms with van der Waals surface area (Å²) in [4.78, 5) is 31.2. The van der Waals surface area contributed by atoms with Crippen LogP contribution in [0.3, 0.4) is 0 Å². The number of hydrogen-bond acceptors (Lipinski definition) is 5. The van der Waals surface area contributed by atoms with E-state index in [-0.39, 0.29) is 12.5 Å². The fourth-order valence-corrected chi connectivity index (χ4v) is 4.20. The molecule has 0 amide bonds. The first-order chi connectivity index (χ1) is 15.3. The van der Waals surface area contributed by atoms with E-state index >= 15 is 0 Å². The quantitative estimate of drug-likeness (QED) is 0.507. The van der Waals surface area contributed by atoms with Crippen molar-refractivity contribution in [2.45, 2.75) is 38.7 Å². The summed E-state index contributed by atoms with van der Waals surface area (Å²) >= 11 is 5.98. The number of esters is 1. The Bertz CT molecular complexity index is 1190. The van der Waals surface area contributed by atoms with Crippen LogP contribution in [0.15, 0.2) is 53.5 Å². The standard InChI is InChI=1S/C25H25ClN2O4/c1-4-31-23(29)20-15-27-14-13-19-18-7-5-6-8-21(18)28(22(19)20)24(30)25(2,3)32-17-11-9-16(26)10-12-17/h5-12,15,20H,4,13-14H2,1-3H3. The van der Waals surface area contributed by atoms with Gasteiger partial charge in [0, 0.05) is 28.9 Å². The van der Waals surface area contributed by atoms with E-state index in [0.717, 1.165) is 16.5 Å². The third-order valence-corrected chi connectivity index (χ3v) is 5.76. The highest BCUT2D eigenvalue weighted by Crippen LogP contribution is 2.35. The van der Waals surface area contributed by atoms with Crippen molar-refractivity contribution in [3.63, 3.8) is 0 Å². The van der Waals surface area contributed by atoms with E-state index in [1.54, 1.807) is 55.8 Å². The van der Waals surface area contributed by atoms with Crippen LogP contribution in [0.25, 0.3) is 10.9 Å². The molecule has 2 aromatic carbocycles. The first-order valence-electron chi connectivity index (χ1n) is 10.6. The Morgan fingerprint density at radius 2 is 1.88 bits per heavy atom. The third-order valence-electron chi connectivity index (χ3n) is 5.51. The van der Waals surface area contributed by atoms with Gasteiger partial charge >= 0.3 is 5.97 Å². The summed E-state index contributed by atoms with van der Waals surface area (Å²) in [6, 6.07) is 14.5. The van der Waals surface area contributed by atoms with E-state index in [9.17, 15) is 9.59 Å². The molecular formula is C25H25ClN2O4. The fourth-order valence-electron chi connectivity index (χ4n) is 4.08. The average molecular weight is 453 g/mol. The van der Waals surface area contributed by atoms with Crippen LogP contribution in [0, 0.1) is 0 Å². The molecule has 1 aliphatic heterocycles. The van der Waals surface area contributed by atoms with Gasteiger partial charge in [-0.15, -0.1) is 0 Å². The van der Waals surface area contributed by atoms with E-state index in [1.807, 2.05) is 24.3 Å². The summed E-state index contributed by atoms with van der Waals surface area (Å²) in [5.41, 5.74) is 1.06. The molecule has 1 unspecified atom stereocenters. The van der Waals surface area contributed by atoms with Gasteiger partial charge in [0.15, 0.2) is 5.60 Å². The van der Waals surface area contributed by atoms with Gasteiger partial charge in [0.2, 0.25) is 0 Å². The highest BCUT2D eigenvalue weighted by molar-refractivity contribution is 6.30. The van der Waals surface area contributed by atoms with Crippen molar-refractivity contribution < 1.29 is 19.1 Å². The fraction of sp³-hybridized carbons (Fsp3) is 0.320. The van der Waals surface area contributed by atoms with Crippen LogP contribution in [-0.2, 0) is 16.0 Å². The molecule has 0 saturated heterocycles. The number of nitrogens with zero attached hydrogens (tertiary/aromatic N) is 2.